The number of ether oxygens (including phenoxy) is 1. The highest BCUT2D eigenvalue weighted by Gasteiger charge is 2.20. The van der Waals surface area contributed by atoms with Gasteiger partial charge in [0.2, 0.25) is 0 Å². The molecule has 3 rings (SSSR count). The van der Waals surface area contributed by atoms with Crippen LogP contribution < -0.4 is 10.1 Å². The van der Waals surface area contributed by atoms with Crippen molar-refractivity contribution in [3.63, 3.8) is 0 Å². The molecule has 108 valence electrons. The molecule has 5 heteroatoms. The fourth-order valence-electron chi connectivity index (χ4n) is 2.37. The summed E-state index contributed by atoms with van der Waals surface area (Å²) in [6.07, 6.45) is 1.75. The average Bonchev–Trinajstić information content (AvgIpc) is 2.91. The van der Waals surface area contributed by atoms with Crippen molar-refractivity contribution in [3.05, 3.63) is 59.0 Å². The van der Waals surface area contributed by atoms with Crippen LogP contribution in [0, 0.1) is 5.82 Å². The van der Waals surface area contributed by atoms with Crippen molar-refractivity contribution in [1.29, 1.82) is 0 Å². The summed E-state index contributed by atoms with van der Waals surface area (Å²) in [5, 5.41) is 4.29. The molecule has 0 saturated carbocycles. The Morgan fingerprint density at radius 2 is 2.14 bits per heavy atom. The minimum absolute atomic E-state index is 0.0818. The summed E-state index contributed by atoms with van der Waals surface area (Å²) >= 11 is 1.56. The molecule has 0 saturated heterocycles. The molecule has 1 atom stereocenters. The van der Waals surface area contributed by atoms with E-state index in [9.17, 15) is 4.39 Å². The smallest absolute Gasteiger partial charge is 0.142 e. The van der Waals surface area contributed by atoms with Gasteiger partial charge in [-0.1, -0.05) is 6.07 Å². The quantitative estimate of drug-likeness (QED) is 0.797. The number of pyridine rings is 1. The summed E-state index contributed by atoms with van der Waals surface area (Å²) in [5.74, 6) is 0.521. The van der Waals surface area contributed by atoms with Crippen molar-refractivity contribution in [2.45, 2.75) is 6.04 Å². The second-order valence-electron chi connectivity index (χ2n) is 4.64. The molecule has 3 nitrogen and oxygen atoms in total. The molecule has 0 amide bonds. The number of rotatable bonds is 4. The third-order valence-corrected chi connectivity index (χ3v) is 4.53. The summed E-state index contributed by atoms with van der Waals surface area (Å²) < 4.78 is 19.6. The van der Waals surface area contributed by atoms with Gasteiger partial charge in [0, 0.05) is 15.8 Å². The number of benzene rings is 1. The Kier molecular flexibility index (Phi) is 3.86. The predicted molar refractivity (Wildman–Crippen MR) is 83.5 cm³/mol. The highest BCUT2D eigenvalue weighted by molar-refractivity contribution is 7.19. The molecule has 2 heterocycles. The zero-order chi connectivity index (χ0) is 14.8. The number of fused-ring (bicyclic) bond motifs is 1. The Labute approximate surface area is 126 Å². The maximum atomic E-state index is 13.3. The SMILES string of the molecule is CNC(c1cc2ccc(F)cc2s1)c1ncccc1OC. The summed E-state index contributed by atoms with van der Waals surface area (Å²) in [7, 11) is 3.51. The van der Waals surface area contributed by atoms with E-state index in [1.165, 1.54) is 6.07 Å². The number of thiophene rings is 1. The van der Waals surface area contributed by atoms with E-state index in [0.717, 1.165) is 26.4 Å². The molecule has 1 unspecified atom stereocenters. The maximum absolute atomic E-state index is 13.3. The van der Waals surface area contributed by atoms with Crippen LogP contribution in [0.1, 0.15) is 16.6 Å². The number of aromatic nitrogens is 1. The van der Waals surface area contributed by atoms with E-state index in [-0.39, 0.29) is 11.9 Å². The van der Waals surface area contributed by atoms with E-state index in [4.69, 9.17) is 4.74 Å². The first-order chi connectivity index (χ1) is 10.2. The summed E-state index contributed by atoms with van der Waals surface area (Å²) in [6.45, 7) is 0. The molecule has 0 aliphatic carbocycles. The van der Waals surface area contributed by atoms with Gasteiger partial charge in [-0.25, -0.2) is 4.39 Å². The lowest BCUT2D eigenvalue weighted by atomic mass is 10.1. The first kappa shape index (κ1) is 14.0. The van der Waals surface area contributed by atoms with Gasteiger partial charge in [-0.3, -0.25) is 4.98 Å². The topological polar surface area (TPSA) is 34.2 Å². The predicted octanol–water partition coefficient (Wildman–Crippen LogP) is 3.75. The molecule has 0 bridgehead atoms. The van der Waals surface area contributed by atoms with Crippen molar-refractivity contribution in [1.82, 2.24) is 10.3 Å². The van der Waals surface area contributed by atoms with Crippen LogP contribution in [0.15, 0.2) is 42.6 Å². The van der Waals surface area contributed by atoms with Gasteiger partial charge in [0.05, 0.1) is 13.2 Å². The van der Waals surface area contributed by atoms with Crippen LogP contribution in [0.2, 0.25) is 0 Å². The third kappa shape index (κ3) is 2.62. The van der Waals surface area contributed by atoms with Crippen molar-refractivity contribution < 1.29 is 9.13 Å². The number of halogens is 1. The van der Waals surface area contributed by atoms with Crippen molar-refractivity contribution in [3.8, 4) is 5.75 Å². The molecule has 21 heavy (non-hydrogen) atoms. The van der Waals surface area contributed by atoms with Crippen molar-refractivity contribution >= 4 is 21.4 Å². The molecule has 0 spiro atoms. The fraction of sp³-hybridized carbons (Fsp3) is 0.188. The summed E-state index contributed by atoms with van der Waals surface area (Å²) in [4.78, 5) is 5.51. The molecule has 1 N–H and O–H groups in total. The van der Waals surface area contributed by atoms with Crippen LogP contribution in [0.3, 0.4) is 0 Å². The Morgan fingerprint density at radius 1 is 1.29 bits per heavy atom. The molecule has 2 aromatic heterocycles. The molecule has 0 radical (unpaired) electrons. The normalized spacial score (nSPS) is 12.5. The molecular weight excluding hydrogens is 287 g/mol. The van der Waals surface area contributed by atoms with Gasteiger partial charge < -0.3 is 10.1 Å². The van der Waals surface area contributed by atoms with E-state index < -0.39 is 0 Å². The van der Waals surface area contributed by atoms with Gasteiger partial charge in [0.15, 0.2) is 0 Å². The Balaban J connectivity index is 2.09. The largest absolute Gasteiger partial charge is 0.495 e. The van der Waals surface area contributed by atoms with E-state index in [0.29, 0.717) is 0 Å². The monoisotopic (exact) mass is 302 g/mol. The number of methoxy groups -OCH3 is 1. The number of nitrogens with one attached hydrogen (secondary N) is 1. The Morgan fingerprint density at radius 3 is 2.90 bits per heavy atom. The zero-order valence-corrected chi connectivity index (χ0v) is 12.6. The first-order valence-corrected chi connectivity index (χ1v) is 7.39. The number of nitrogens with zero attached hydrogens (tertiary/aromatic N) is 1. The Hall–Kier alpha value is -1.98. The molecule has 1 aromatic carbocycles. The fourth-order valence-corrected chi connectivity index (χ4v) is 3.58. The lowest BCUT2D eigenvalue weighted by Crippen LogP contribution is -2.18. The molecule has 0 aliphatic heterocycles. The van der Waals surface area contributed by atoms with Crippen LogP contribution in [0.4, 0.5) is 4.39 Å². The third-order valence-electron chi connectivity index (χ3n) is 3.37. The lowest BCUT2D eigenvalue weighted by Gasteiger charge is -2.16. The standard InChI is InChI=1S/C16H15FN2OS/c1-18-16(15-12(20-2)4-3-7-19-15)14-8-10-5-6-11(17)9-13(10)21-14/h3-9,16,18H,1-2H3. The summed E-state index contributed by atoms with van der Waals surface area (Å²) in [5.41, 5.74) is 0.828. The van der Waals surface area contributed by atoms with Crippen LogP contribution in [-0.4, -0.2) is 19.1 Å². The van der Waals surface area contributed by atoms with E-state index in [1.807, 2.05) is 19.2 Å². The van der Waals surface area contributed by atoms with Gasteiger partial charge in [0.1, 0.15) is 17.3 Å². The van der Waals surface area contributed by atoms with E-state index >= 15 is 0 Å². The van der Waals surface area contributed by atoms with E-state index in [2.05, 4.69) is 16.4 Å². The number of hydrogen-bond donors (Lipinski definition) is 1. The molecule has 0 fully saturated rings. The zero-order valence-electron chi connectivity index (χ0n) is 11.8. The second kappa shape index (κ2) is 5.79. The van der Waals surface area contributed by atoms with Crippen LogP contribution in [-0.2, 0) is 0 Å². The summed E-state index contributed by atoms with van der Waals surface area (Å²) in [6, 6.07) is 10.6. The highest BCUT2D eigenvalue weighted by Crippen LogP contribution is 2.35. The van der Waals surface area contributed by atoms with Crippen molar-refractivity contribution in [2.24, 2.45) is 0 Å². The van der Waals surface area contributed by atoms with E-state index in [1.54, 1.807) is 36.8 Å². The minimum Gasteiger partial charge on any atom is -0.495 e. The lowest BCUT2D eigenvalue weighted by molar-refractivity contribution is 0.402. The van der Waals surface area contributed by atoms with Crippen LogP contribution >= 0.6 is 11.3 Å². The second-order valence-corrected chi connectivity index (χ2v) is 5.76. The maximum Gasteiger partial charge on any atom is 0.142 e. The van der Waals surface area contributed by atoms with Gasteiger partial charge >= 0.3 is 0 Å². The van der Waals surface area contributed by atoms with Gasteiger partial charge in [-0.15, -0.1) is 11.3 Å². The average molecular weight is 302 g/mol. The van der Waals surface area contributed by atoms with Gasteiger partial charge in [0.25, 0.3) is 0 Å². The van der Waals surface area contributed by atoms with Gasteiger partial charge in [-0.05, 0) is 42.8 Å². The van der Waals surface area contributed by atoms with Crippen LogP contribution in [0.25, 0.3) is 10.1 Å². The van der Waals surface area contributed by atoms with Gasteiger partial charge in [-0.2, -0.15) is 0 Å². The molecular formula is C16H15FN2OS. The first-order valence-electron chi connectivity index (χ1n) is 6.58. The van der Waals surface area contributed by atoms with Crippen molar-refractivity contribution in [2.75, 3.05) is 14.2 Å². The number of hydrogen-bond acceptors (Lipinski definition) is 4. The van der Waals surface area contributed by atoms with Crippen LogP contribution in [0.5, 0.6) is 5.75 Å². The Bertz CT molecular complexity index is 772. The minimum atomic E-state index is -0.215. The molecule has 3 aromatic rings. The highest BCUT2D eigenvalue weighted by atomic mass is 32.1. The molecule has 0 aliphatic rings.